The molecule has 27 heavy (non-hydrogen) atoms. The van der Waals surface area contributed by atoms with Crippen molar-refractivity contribution >= 4 is 17.9 Å². The highest BCUT2D eigenvalue weighted by atomic mass is 16.6. The van der Waals surface area contributed by atoms with Gasteiger partial charge in [-0.05, 0) is 27.2 Å². The first-order valence-corrected chi connectivity index (χ1v) is 9.06. The van der Waals surface area contributed by atoms with Crippen LogP contribution in [0.5, 0.6) is 0 Å². The smallest absolute Gasteiger partial charge is 0.407 e. The summed E-state index contributed by atoms with van der Waals surface area (Å²) >= 11 is 0. The summed E-state index contributed by atoms with van der Waals surface area (Å²) < 4.78 is 5.14. The fraction of sp³-hybridized carbons (Fsp3) is 0.611. The summed E-state index contributed by atoms with van der Waals surface area (Å²) in [6.07, 6.45) is 4.79. The lowest BCUT2D eigenvalue weighted by atomic mass is 10.2. The largest absolute Gasteiger partial charge is 0.444 e. The van der Waals surface area contributed by atoms with E-state index in [2.05, 4.69) is 15.3 Å². The van der Waals surface area contributed by atoms with E-state index >= 15 is 0 Å². The number of ether oxygens (including phenoxy) is 1. The van der Waals surface area contributed by atoms with Crippen molar-refractivity contribution < 1.29 is 19.1 Å². The van der Waals surface area contributed by atoms with Crippen LogP contribution in [0.3, 0.4) is 0 Å². The maximum atomic E-state index is 12.4. The minimum Gasteiger partial charge on any atom is -0.444 e. The molecule has 0 spiro atoms. The number of carbonyl (C=O) groups is 3. The van der Waals surface area contributed by atoms with Crippen LogP contribution in [0.2, 0.25) is 0 Å². The Morgan fingerprint density at radius 1 is 1.11 bits per heavy atom. The van der Waals surface area contributed by atoms with Crippen LogP contribution in [0.25, 0.3) is 0 Å². The third kappa shape index (κ3) is 6.84. The Morgan fingerprint density at radius 2 is 1.81 bits per heavy atom. The van der Waals surface area contributed by atoms with E-state index in [4.69, 9.17) is 4.74 Å². The standard InChI is InChI=1S/C18H27N5O4/c1-18(2,3)27-17(26)21-6-5-15(24)22-9-4-10-23(12-11-22)16(25)14-13-19-7-8-20-14/h7-8,13H,4-6,9-12H2,1-3H3,(H,21,26). The highest BCUT2D eigenvalue weighted by Crippen LogP contribution is 2.09. The first-order chi connectivity index (χ1) is 12.8. The van der Waals surface area contributed by atoms with Crippen molar-refractivity contribution in [1.29, 1.82) is 0 Å². The van der Waals surface area contributed by atoms with Crippen LogP contribution in [-0.4, -0.2) is 76.0 Å². The molecular weight excluding hydrogens is 350 g/mol. The van der Waals surface area contributed by atoms with Gasteiger partial charge in [-0.15, -0.1) is 0 Å². The van der Waals surface area contributed by atoms with E-state index in [9.17, 15) is 14.4 Å². The maximum absolute atomic E-state index is 12.4. The van der Waals surface area contributed by atoms with Crippen LogP contribution in [0.1, 0.15) is 44.1 Å². The third-order valence-electron chi connectivity index (χ3n) is 3.93. The number of amides is 3. The molecule has 9 nitrogen and oxygen atoms in total. The van der Waals surface area contributed by atoms with Gasteiger partial charge < -0.3 is 19.9 Å². The third-order valence-corrected chi connectivity index (χ3v) is 3.93. The number of nitrogens with one attached hydrogen (secondary N) is 1. The lowest BCUT2D eigenvalue weighted by Gasteiger charge is -2.22. The molecule has 0 aromatic carbocycles. The Bertz CT molecular complexity index is 659. The molecule has 9 heteroatoms. The molecule has 1 aliphatic rings. The van der Waals surface area contributed by atoms with E-state index in [1.807, 2.05) is 0 Å². The van der Waals surface area contributed by atoms with Crippen molar-refractivity contribution in [3.8, 4) is 0 Å². The van der Waals surface area contributed by atoms with Crippen molar-refractivity contribution in [3.05, 3.63) is 24.3 Å². The number of carbonyl (C=O) groups excluding carboxylic acids is 3. The minimum absolute atomic E-state index is 0.0557. The summed E-state index contributed by atoms with van der Waals surface area (Å²) in [7, 11) is 0. The molecular formula is C18H27N5O4. The zero-order chi connectivity index (χ0) is 19.9. The summed E-state index contributed by atoms with van der Waals surface area (Å²) in [6.45, 7) is 7.60. The first kappa shape index (κ1) is 20.6. The summed E-state index contributed by atoms with van der Waals surface area (Å²) in [5.41, 5.74) is -0.267. The van der Waals surface area contributed by atoms with E-state index in [1.165, 1.54) is 18.6 Å². The Labute approximate surface area is 159 Å². The van der Waals surface area contributed by atoms with Crippen molar-refractivity contribution in [2.45, 2.75) is 39.2 Å². The summed E-state index contributed by atoms with van der Waals surface area (Å²) in [6, 6.07) is 0. The van der Waals surface area contributed by atoms with E-state index in [-0.39, 0.29) is 24.8 Å². The van der Waals surface area contributed by atoms with E-state index in [0.717, 1.165) is 0 Å². The van der Waals surface area contributed by atoms with E-state index in [0.29, 0.717) is 38.3 Å². The fourth-order valence-corrected chi connectivity index (χ4v) is 2.69. The normalized spacial score (nSPS) is 15.1. The van der Waals surface area contributed by atoms with Gasteiger partial charge in [0.15, 0.2) is 0 Å². The van der Waals surface area contributed by atoms with Crippen LogP contribution < -0.4 is 5.32 Å². The first-order valence-electron chi connectivity index (χ1n) is 9.06. The van der Waals surface area contributed by atoms with Crippen LogP contribution >= 0.6 is 0 Å². The van der Waals surface area contributed by atoms with Crippen LogP contribution in [-0.2, 0) is 9.53 Å². The summed E-state index contributed by atoms with van der Waals surface area (Å²) in [4.78, 5) is 47.8. The Hall–Kier alpha value is -2.71. The predicted molar refractivity (Wildman–Crippen MR) is 98.0 cm³/mol. The molecule has 148 valence electrons. The topological polar surface area (TPSA) is 105 Å². The number of hydrogen-bond donors (Lipinski definition) is 1. The molecule has 1 aromatic heterocycles. The van der Waals surface area contributed by atoms with Gasteiger partial charge in [0, 0.05) is 51.5 Å². The zero-order valence-corrected chi connectivity index (χ0v) is 16.1. The average molecular weight is 377 g/mol. The second kappa shape index (κ2) is 9.29. The maximum Gasteiger partial charge on any atom is 0.407 e. The molecule has 0 bridgehead atoms. The van der Waals surface area contributed by atoms with Gasteiger partial charge in [-0.2, -0.15) is 0 Å². The molecule has 0 aliphatic carbocycles. The van der Waals surface area contributed by atoms with Crippen molar-refractivity contribution in [2.75, 3.05) is 32.7 Å². The molecule has 1 aliphatic heterocycles. The minimum atomic E-state index is -0.571. The molecule has 1 saturated heterocycles. The molecule has 0 saturated carbocycles. The highest BCUT2D eigenvalue weighted by molar-refractivity contribution is 5.92. The summed E-state index contributed by atoms with van der Waals surface area (Å²) in [5, 5.41) is 2.58. The van der Waals surface area contributed by atoms with Gasteiger partial charge in [-0.25, -0.2) is 9.78 Å². The van der Waals surface area contributed by atoms with Gasteiger partial charge in [-0.3, -0.25) is 14.6 Å². The highest BCUT2D eigenvalue weighted by Gasteiger charge is 2.23. The molecule has 0 radical (unpaired) electrons. The van der Waals surface area contributed by atoms with E-state index in [1.54, 1.807) is 30.6 Å². The lowest BCUT2D eigenvalue weighted by Crippen LogP contribution is -2.39. The van der Waals surface area contributed by atoms with Gasteiger partial charge in [0.1, 0.15) is 11.3 Å². The van der Waals surface area contributed by atoms with Crippen LogP contribution in [0, 0.1) is 0 Å². The zero-order valence-electron chi connectivity index (χ0n) is 16.1. The average Bonchev–Trinajstić information content (AvgIpc) is 2.86. The Morgan fingerprint density at radius 3 is 2.48 bits per heavy atom. The number of aromatic nitrogens is 2. The van der Waals surface area contributed by atoms with Gasteiger partial charge >= 0.3 is 6.09 Å². The molecule has 0 unspecified atom stereocenters. The fourth-order valence-electron chi connectivity index (χ4n) is 2.69. The molecule has 3 amide bonds. The monoisotopic (exact) mass is 377 g/mol. The second-order valence-corrected chi connectivity index (χ2v) is 7.30. The van der Waals surface area contributed by atoms with Crippen molar-refractivity contribution in [1.82, 2.24) is 25.1 Å². The number of nitrogens with zero attached hydrogens (tertiary/aromatic N) is 4. The molecule has 1 fully saturated rings. The SMILES string of the molecule is CC(C)(C)OC(=O)NCCC(=O)N1CCCN(C(=O)c2cnccn2)CC1. The van der Waals surface area contributed by atoms with Crippen LogP contribution in [0.15, 0.2) is 18.6 Å². The molecule has 2 heterocycles. The van der Waals surface area contributed by atoms with Gasteiger partial charge in [0.25, 0.3) is 5.91 Å². The van der Waals surface area contributed by atoms with Gasteiger partial charge in [0.2, 0.25) is 5.91 Å². The lowest BCUT2D eigenvalue weighted by molar-refractivity contribution is -0.130. The summed E-state index contributed by atoms with van der Waals surface area (Å²) in [5.74, 6) is -0.233. The van der Waals surface area contributed by atoms with Gasteiger partial charge in [0.05, 0.1) is 6.20 Å². The van der Waals surface area contributed by atoms with Gasteiger partial charge in [-0.1, -0.05) is 0 Å². The van der Waals surface area contributed by atoms with E-state index < -0.39 is 11.7 Å². The second-order valence-electron chi connectivity index (χ2n) is 7.30. The number of alkyl carbamates (subject to hydrolysis) is 1. The molecule has 1 N–H and O–H groups in total. The predicted octanol–water partition coefficient (Wildman–Crippen LogP) is 1.07. The van der Waals surface area contributed by atoms with Crippen LogP contribution in [0.4, 0.5) is 4.79 Å². The van der Waals surface area contributed by atoms with Crippen molar-refractivity contribution in [2.24, 2.45) is 0 Å². The Balaban J connectivity index is 1.77. The molecule has 0 atom stereocenters. The number of hydrogen-bond acceptors (Lipinski definition) is 6. The quantitative estimate of drug-likeness (QED) is 0.841. The Kier molecular flexibility index (Phi) is 7.09. The molecule has 2 rings (SSSR count). The van der Waals surface area contributed by atoms with Crippen molar-refractivity contribution in [3.63, 3.8) is 0 Å². The molecule has 1 aromatic rings. The number of rotatable bonds is 4.